The van der Waals surface area contributed by atoms with Crippen LogP contribution in [0.3, 0.4) is 0 Å². The van der Waals surface area contributed by atoms with Gasteiger partial charge in [0.1, 0.15) is 11.4 Å². The Morgan fingerprint density at radius 3 is 2.38 bits per heavy atom. The molecule has 1 atom stereocenters. The van der Waals surface area contributed by atoms with Gasteiger partial charge in [0, 0.05) is 0 Å². The molecule has 0 heterocycles. The molecule has 4 heteroatoms. The van der Waals surface area contributed by atoms with Crippen molar-refractivity contribution >= 4 is 0 Å². The molecule has 0 amide bonds. The molecule has 1 saturated carbocycles. The van der Waals surface area contributed by atoms with Crippen LogP contribution in [0.15, 0.2) is 18.2 Å². The van der Waals surface area contributed by atoms with Crippen molar-refractivity contribution in [1.82, 2.24) is 0 Å². The Bertz CT molecular complexity index is 487. The topological polar surface area (TPSA) is 9.23 Å². The number of halogens is 3. The van der Waals surface area contributed by atoms with E-state index < -0.39 is 17.3 Å². The number of hydrogen-bond acceptors (Lipinski definition) is 1. The molecule has 0 spiro atoms. The molecule has 118 valence electrons. The van der Waals surface area contributed by atoms with Crippen molar-refractivity contribution in [3.05, 3.63) is 29.3 Å². The molecule has 0 N–H and O–H groups in total. The SMILES string of the molecule is CCC(C)c1ccc(C(F)(F)F)c(OC2(C)CCCC2)c1. The van der Waals surface area contributed by atoms with E-state index in [1.54, 1.807) is 12.1 Å². The summed E-state index contributed by atoms with van der Waals surface area (Å²) in [7, 11) is 0. The highest BCUT2D eigenvalue weighted by molar-refractivity contribution is 5.41. The third-order valence-electron chi connectivity index (χ3n) is 4.51. The molecular weight excluding hydrogens is 277 g/mol. The van der Waals surface area contributed by atoms with Crippen LogP contribution in [0.25, 0.3) is 0 Å². The van der Waals surface area contributed by atoms with Gasteiger partial charge < -0.3 is 4.74 Å². The fourth-order valence-electron chi connectivity index (χ4n) is 2.89. The number of alkyl halides is 3. The fourth-order valence-corrected chi connectivity index (χ4v) is 2.89. The maximum atomic E-state index is 13.2. The number of rotatable bonds is 4. The zero-order valence-corrected chi connectivity index (χ0v) is 12.9. The summed E-state index contributed by atoms with van der Waals surface area (Å²) in [5.41, 5.74) is -0.224. The Kier molecular flexibility index (Phi) is 4.54. The van der Waals surface area contributed by atoms with Gasteiger partial charge in [-0.05, 0) is 62.6 Å². The van der Waals surface area contributed by atoms with Gasteiger partial charge in [0.25, 0.3) is 0 Å². The van der Waals surface area contributed by atoms with Gasteiger partial charge in [-0.2, -0.15) is 13.2 Å². The van der Waals surface area contributed by atoms with E-state index in [0.717, 1.165) is 43.7 Å². The van der Waals surface area contributed by atoms with Gasteiger partial charge in [-0.1, -0.05) is 19.9 Å². The molecule has 1 fully saturated rings. The monoisotopic (exact) mass is 300 g/mol. The highest BCUT2D eigenvalue weighted by atomic mass is 19.4. The molecular formula is C17H23F3O. The molecule has 0 radical (unpaired) electrons. The predicted octanol–water partition coefficient (Wildman–Crippen LogP) is 5.93. The van der Waals surface area contributed by atoms with Crippen LogP contribution in [0.2, 0.25) is 0 Å². The van der Waals surface area contributed by atoms with Crippen LogP contribution in [0.5, 0.6) is 5.75 Å². The summed E-state index contributed by atoms with van der Waals surface area (Å²) in [5, 5.41) is 0. The number of ether oxygens (including phenoxy) is 1. The van der Waals surface area contributed by atoms with Crippen molar-refractivity contribution in [3.8, 4) is 5.75 Å². The lowest BCUT2D eigenvalue weighted by molar-refractivity contribution is -0.139. The van der Waals surface area contributed by atoms with Gasteiger partial charge in [-0.3, -0.25) is 0 Å². The van der Waals surface area contributed by atoms with Crippen LogP contribution >= 0.6 is 0 Å². The quantitative estimate of drug-likeness (QED) is 0.669. The highest BCUT2D eigenvalue weighted by Crippen LogP contribution is 2.42. The molecule has 0 aromatic heterocycles. The molecule has 1 unspecified atom stereocenters. The van der Waals surface area contributed by atoms with Crippen molar-refractivity contribution in [1.29, 1.82) is 0 Å². The van der Waals surface area contributed by atoms with Crippen LogP contribution in [-0.2, 0) is 6.18 Å². The zero-order valence-electron chi connectivity index (χ0n) is 12.9. The third-order valence-corrected chi connectivity index (χ3v) is 4.51. The van der Waals surface area contributed by atoms with E-state index in [1.165, 1.54) is 0 Å². The summed E-state index contributed by atoms with van der Waals surface area (Å²) >= 11 is 0. The van der Waals surface area contributed by atoms with Gasteiger partial charge in [-0.15, -0.1) is 0 Å². The first-order chi connectivity index (χ1) is 9.75. The first-order valence-electron chi connectivity index (χ1n) is 7.65. The van der Waals surface area contributed by atoms with E-state index >= 15 is 0 Å². The second-order valence-electron chi connectivity index (χ2n) is 6.32. The summed E-state index contributed by atoms with van der Waals surface area (Å²) in [5.74, 6) is 0.218. The molecule has 1 aliphatic rings. The van der Waals surface area contributed by atoms with Crippen molar-refractivity contribution < 1.29 is 17.9 Å². The first-order valence-corrected chi connectivity index (χ1v) is 7.65. The van der Waals surface area contributed by atoms with Crippen LogP contribution < -0.4 is 4.74 Å². The standard InChI is InChI=1S/C17H23F3O/c1-4-12(2)13-7-8-14(17(18,19)20)15(11-13)21-16(3)9-5-6-10-16/h7-8,11-12H,4-6,9-10H2,1-3H3. The molecule has 0 saturated heterocycles. The smallest absolute Gasteiger partial charge is 0.419 e. The molecule has 1 nitrogen and oxygen atoms in total. The Morgan fingerprint density at radius 1 is 1.24 bits per heavy atom. The van der Waals surface area contributed by atoms with E-state index in [1.807, 2.05) is 20.8 Å². The van der Waals surface area contributed by atoms with Crippen molar-refractivity contribution in [3.63, 3.8) is 0 Å². The predicted molar refractivity (Wildman–Crippen MR) is 77.7 cm³/mol. The third kappa shape index (κ3) is 3.72. The zero-order chi connectivity index (χ0) is 15.7. The van der Waals surface area contributed by atoms with Crippen molar-refractivity contribution in [2.45, 2.75) is 70.6 Å². The lowest BCUT2D eigenvalue weighted by atomic mass is 9.96. The molecule has 0 bridgehead atoms. The summed E-state index contributed by atoms with van der Waals surface area (Å²) in [6.07, 6.45) is 0.182. The highest BCUT2D eigenvalue weighted by Gasteiger charge is 2.38. The average Bonchev–Trinajstić information content (AvgIpc) is 2.82. The minimum atomic E-state index is -4.38. The Labute approximate surface area is 124 Å². The second-order valence-corrected chi connectivity index (χ2v) is 6.32. The minimum absolute atomic E-state index is 0.00954. The Balaban J connectivity index is 2.38. The van der Waals surface area contributed by atoms with Crippen LogP contribution in [0, 0.1) is 0 Å². The number of hydrogen-bond donors (Lipinski definition) is 0. The molecule has 0 aliphatic heterocycles. The van der Waals surface area contributed by atoms with Crippen LogP contribution in [-0.4, -0.2) is 5.60 Å². The van der Waals surface area contributed by atoms with E-state index in [9.17, 15) is 13.2 Å². The summed E-state index contributed by atoms with van der Waals surface area (Å²) in [6.45, 7) is 5.96. The van der Waals surface area contributed by atoms with Crippen LogP contribution in [0.4, 0.5) is 13.2 Å². The maximum absolute atomic E-state index is 13.2. The Morgan fingerprint density at radius 2 is 1.86 bits per heavy atom. The molecule has 2 rings (SSSR count). The lowest BCUT2D eigenvalue weighted by Crippen LogP contribution is -2.29. The Hall–Kier alpha value is -1.19. The van der Waals surface area contributed by atoms with Crippen molar-refractivity contribution in [2.75, 3.05) is 0 Å². The summed E-state index contributed by atoms with van der Waals surface area (Å²) in [6, 6.07) is 4.32. The molecule has 1 aromatic carbocycles. The molecule has 21 heavy (non-hydrogen) atoms. The van der Waals surface area contributed by atoms with E-state index in [-0.39, 0.29) is 11.7 Å². The average molecular weight is 300 g/mol. The molecule has 1 aromatic rings. The minimum Gasteiger partial charge on any atom is -0.487 e. The molecule has 1 aliphatic carbocycles. The first kappa shape index (κ1) is 16.2. The van der Waals surface area contributed by atoms with E-state index in [0.29, 0.717) is 0 Å². The van der Waals surface area contributed by atoms with Crippen molar-refractivity contribution in [2.24, 2.45) is 0 Å². The van der Waals surface area contributed by atoms with Gasteiger partial charge in [0.2, 0.25) is 0 Å². The van der Waals surface area contributed by atoms with Gasteiger partial charge in [0.05, 0.1) is 5.56 Å². The largest absolute Gasteiger partial charge is 0.487 e. The van der Waals surface area contributed by atoms with Crippen LogP contribution in [0.1, 0.15) is 69.9 Å². The normalized spacial score (nSPS) is 19.5. The summed E-state index contributed by atoms with van der Waals surface area (Å²) < 4.78 is 45.4. The van der Waals surface area contributed by atoms with Gasteiger partial charge in [0.15, 0.2) is 0 Å². The van der Waals surface area contributed by atoms with Gasteiger partial charge >= 0.3 is 6.18 Å². The lowest BCUT2D eigenvalue weighted by Gasteiger charge is -2.28. The fraction of sp³-hybridized carbons (Fsp3) is 0.647. The second kappa shape index (κ2) is 5.90. The van der Waals surface area contributed by atoms with E-state index in [4.69, 9.17) is 4.74 Å². The van der Waals surface area contributed by atoms with Gasteiger partial charge in [-0.25, -0.2) is 0 Å². The maximum Gasteiger partial charge on any atom is 0.419 e. The summed E-state index contributed by atoms with van der Waals surface area (Å²) in [4.78, 5) is 0. The van der Waals surface area contributed by atoms with E-state index in [2.05, 4.69) is 0 Å². The number of benzene rings is 1.